The smallest absolute Gasteiger partial charge is 0.187 e. The van der Waals surface area contributed by atoms with Crippen LogP contribution in [0.3, 0.4) is 0 Å². The Morgan fingerprint density at radius 3 is 2.06 bits per heavy atom. The number of nitrogens with zero attached hydrogens (tertiary/aromatic N) is 1. The molecule has 0 radical (unpaired) electrons. The van der Waals surface area contributed by atoms with Gasteiger partial charge in [-0.25, -0.2) is 0 Å². The van der Waals surface area contributed by atoms with Crippen molar-refractivity contribution in [1.29, 1.82) is 0 Å². The van der Waals surface area contributed by atoms with E-state index >= 15 is 0 Å². The maximum Gasteiger partial charge on any atom is 0.187 e. The summed E-state index contributed by atoms with van der Waals surface area (Å²) in [7, 11) is 0. The topological polar surface area (TPSA) is 216 Å². The van der Waals surface area contributed by atoms with E-state index in [4.69, 9.17) is 14.2 Å². The first-order valence-corrected chi connectivity index (χ1v) is 11.1. The first-order chi connectivity index (χ1) is 15.9. The zero-order valence-electron chi connectivity index (χ0n) is 18.9. The Kier molecular flexibility index (Phi) is 8.56. The van der Waals surface area contributed by atoms with E-state index in [1.165, 1.54) is 0 Å². The largest absolute Gasteiger partial charge is 0.394 e. The number of hydrogen-bond acceptors (Lipinski definition) is 13. The quantitative estimate of drug-likeness (QED) is 0.141. The van der Waals surface area contributed by atoms with Crippen LogP contribution in [-0.4, -0.2) is 128 Å². The first-order valence-electron chi connectivity index (χ1n) is 11.1. The summed E-state index contributed by atoms with van der Waals surface area (Å²) in [5, 5.41) is 70.2. The number of Topliss-reactive ketones (excluding diaryl/α,β-unsaturated/α-hetero) is 2. The third-order valence-electron chi connectivity index (χ3n) is 6.39. The summed E-state index contributed by atoms with van der Waals surface area (Å²) in [5.41, 5.74) is -0.468. The number of aliphatic hydroxyl groups is 7. The predicted octanol–water partition coefficient (Wildman–Crippen LogP) is -3.74. The molecule has 0 aromatic rings. The third-order valence-corrected chi connectivity index (χ3v) is 6.39. The van der Waals surface area contributed by atoms with Crippen LogP contribution in [0.15, 0.2) is 4.99 Å². The SMILES string of the molecule is CC1(C)CC(=O)C(C=NC2[C@H](O)OC(CO)[C@@H](O[C@@H]3OC(CO)[C@H](O)[C@H](O)C3O)[C@@H]2O)C(=O)C1. The highest BCUT2D eigenvalue weighted by Crippen LogP contribution is 2.34. The van der Waals surface area contributed by atoms with Crippen LogP contribution >= 0.6 is 0 Å². The van der Waals surface area contributed by atoms with Crippen molar-refractivity contribution < 1.29 is 59.5 Å². The Balaban J connectivity index is 1.76. The van der Waals surface area contributed by atoms with E-state index in [2.05, 4.69) is 4.99 Å². The molecule has 3 rings (SSSR count). The van der Waals surface area contributed by atoms with Gasteiger partial charge in [0.2, 0.25) is 0 Å². The normalized spacial score (nSPS) is 44.0. The minimum absolute atomic E-state index is 0.164. The first kappa shape index (κ1) is 27.2. The summed E-state index contributed by atoms with van der Waals surface area (Å²) in [5.74, 6) is -1.81. The van der Waals surface area contributed by atoms with Gasteiger partial charge in [0.25, 0.3) is 0 Å². The molecule has 2 saturated heterocycles. The zero-order chi connectivity index (χ0) is 25.4. The second-order valence-electron chi connectivity index (χ2n) is 9.75. The molecular weight excluding hydrogens is 458 g/mol. The maximum atomic E-state index is 12.4. The molecule has 13 heteroatoms. The average molecular weight is 491 g/mol. The molecule has 34 heavy (non-hydrogen) atoms. The molecule has 3 aliphatic rings. The van der Waals surface area contributed by atoms with E-state index in [9.17, 15) is 45.3 Å². The van der Waals surface area contributed by atoms with Crippen LogP contribution in [-0.2, 0) is 23.8 Å². The van der Waals surface area contributed by atoms with Crippen LogP contribution in [0.2, 0.25) is 0 Å². The fourth-order valence-electron chi connectivity index (χ4n) is 4.49. The molecule has 194 valence electrons. The Bertz CT molecular complexity index is 753. The van der Waals surface area contributed by atoms with Gasteiger partial charge in [-0.15, -0.1) is 0 Å². The van der Waals surface area contributed by atoms with Gasteiger partial charge < -0.3 is 50.0 Å². The lowest BCUT2D eigenvalue weighted by Gasteiger charge is -2.45. The highest BCUT2D eigenvalue weighted by atomic mass is 16.7. The molecule has 2 aliphatic heterocycles. The highest BCUT2D eigenvalue weighted by Gasteiger charge is 2.50. The number of carbonyl (C=O) groups is 2. The molecule has 1 aliphatic carbocycles. The molecule has 0 aromatic heterocycles. The molecule has 4 unspecified atom stereocenters. The van der Waals surface area contributed by atoms with Crippen LogP contribution in [0, 0.1) is 11.3 Å². The molecule has 0 bridgehead atoms. The van der Waals surface area contributed by atoms with E-state index in [-0.39, 0.29) is 24.4 Å². The summed E-state index contributed by atoms with van der Waals surface area (Å²) in [6, 6.07) is -1.42. The van der Waals surface area contributed by atoms with Crippen LogP contribution < -0.4 is 0 Å². The van der Waals surface area contributed by atoms with Gasteiger partial charge in [-0.1, -0.05) is 13.8 Å². The van der Waals surface area contributed by atoms with Crippen molar-refractivity contribution >= 4 is 17.8 Å². The second kappa shape index (κ2) is 10.7. The molecule has 10 atom stereocenters. The number of ether oxygens (including phenoxy) is 3. The fraction of sp³-hybridized carbons (Fsp3) is 0.857. The van der Waals surface area contributed by atoms with Crippen molar-refractivity contribution in [2.24, 2.45) is 16.3 Å². The van der Waals surface area contributed by atoms with E-state index < -0.39 is 85.9 Å². The monoisotopic (exact) mass is 491 g/mol. The predicted molar refractivity (Wildman–Crippen MR) is 111 cm³/mol. The standard InChI is InChI=1S/C21H33NO12/c1-21(2)3-9(25)8(10(26)4-21)5-22-13-15(28)18(12(7-24)32-19(13)31)34-20-17(30)16(29)14(27)11(6-23)33-20/h5,8,11-20,23-24,27-31H,3-4,6-7H2,1-2H3/t11?,12?,13?,14-,15+,16-,17?,18+,19+,20-/m0/s1. The van der Waals surface area contributed by atoms with Crippen LogP contribution in [0.5, 0.6) is 0 Å². The van der Waals surface area contributed by atoms with Crippen molar-refractivity contribution in [1.82, 2.24) is 0 Å². The van der Waals surface area contributed by atoms with Crippen molar-refractivity contribution in [3.63, 3.8) is 0 Å². The Morgan fingerprint density at radius 2 is 1.50 bits per heavy atom. The second-order valence-corrected chi connectivity index (χ2v) is 9.75. The molecular formula is C21H33NO12. The van der Waals surface area contributed by atoms with Gasteiger partial charge in [-0.3, -0.25) is 14.6 Å². The summed E-state index contributed by atoms with van der Waals surface area (Å²) >= 11 is 0. The summed E-state index contributed by atoms with van der Waals surface area (Å²) in [4.78, 5) is 28.8. The van der Waals surface area contributed by atoms with Crippen molar-refractivity contribution in [3.05, 3.63) is 0 Å². The number of hydrogen-bond donors (Lipinski definition) is 7. The summed E-state index contributed by atoms with van der Waals surface area (Å²) in [6.07, 6.45) is -12.8. The van der Waals surface area contributed by atoms with Gasteiger partial charge in [-0.2, -0.15) is 0 Å². The van der Waals surface area contributed by atoms with Gasteiger partial charge in [0.1, 0.15) is 66.3 Å². The molecule has 3 fully saturated rings. The van der Waals surface area contributed by atoms with E-state index in [0.717, 1.165) is 6.21 Å². The molecule has 7 N–H and O–H groups in total. The van der Waals surface area contributed by atoms with E-state index in [1.807, 2.05) is 0 Å². The van der Waals surface area contributed by atoms with E-state index in [0.29, 0.717) is 0 Å². The molecule has 0 spiro atoms. The Hall–Kier alpha value is -1.39. The van der Waals surface area contributed by atoms with Crippen LogP contribution in [0.4, 0.5) is 0 Å². The highest BCUT2D eigenvalue weighted by molar-refractivity contribution is 6.16. The Morgan fingerprint density at radius 1 is 0.912 bits per heavy atom. The molecule has 2 heterocycles. The van der Waals surface area contributed by atoms with Crippen molar-refractivity contribution in [3.8, 4) is 0 Å². The van der Waals surface area contributed by atoms with Gasteiger partial charge in [0.05, 0.1) is 13.2 Å². The van der Waals surface area contributed by atoms with Crippen LogP contribution in [0.25, 0.3) is 0 Å². The number of rotatable bonds is 6. The number of aliphatic hydroxyl groups excluding tert-OH is 7. The third kappa shape index (κ3) is 5.54. The zero-order valence-corrected chi connectivity index (χ0v) is 18.9. The summed E-state index contributed by atoms with van der Waals surface area (Å²) < 4.78 is 16.1. The molecule has 1 saturated carbocycles. The van der Waals surface area contributed by atoms with Gasteiger partial charge in [0.15, 0.2) is 12.6 Å². The minimum Gasteiger partial charge on any atom is -0.394 e. The number of carbonyl (C=O) groups excluding carboxylic acids is 2. The van der Waals surface area contributed by atoms with Gasteiger partial charge in [-0.05, 0) is 5.41 Å². The molecule has 0 aromatic carbocycles. The van der Waals surface area contributed by atoms with Crippen molar-refractivity contribution in [2.75, 3.05) is 13.2 Å². The van der Waals surface area contributed by atoms with Gasteiger partial charge >= 0.3 is 0 Å². The lowest BCUT2D eigenvalue weighted by molar-refractivity contribution is -0.344. The maximum absolute atomic E-state index is 12.4. The summed E-state index contributed by atoms with van der Waals surface area (Å²) in [6.45, 7) is 2.18. The lowest BCUT2D eigenvalue weighted by atomic mass is 9.72. The fourth-order valence-corrected chi connectivity index (χ4v) is 4.49. The number of aliphatic imine (C=N–C) groups is 1. The lowest BCUT2D eigenvalue weighted by Crippen LogP contribution is -2.64. The molecule has 0 amide bonds. The number of ketones is 2. The Labute approximate surface area is 195 Å². The minimum atomic E-state index is -1.78. The van der Waals surface area contributed by atoms with E-state index in [1.54, 1.807) is 13.8 Å². The van der Waals surface area contributed by atoms with Crippen molar-refractivity contribution in [2.45, 2.75) is 88.0 Å². The molecule has 13 nitrogen and oxygen atoms in total. The van der Waals surface area contributed by atoms with Gasteiger partial charge in [0, 0.05) is 19.1 Å². The average Bonchev–Trinajstić information content (AvgIpc) is 2.75. The van der Waals surface area contributed by atoms with Crippen LogP contribution in [0.1, 0.15) is 26.7 Å².